The highest BCUT2D eigenvalue weighted by Gasteiger charge is 2.42. The summed E-state index contributed by atoms with van der Waals surface area (Å²) in [5, 5.41) is 17.3. The van der Waals surface area contributed by atoms with Crippen molar-refractivity contribution in [3.8, 4) is 6.07 Å². The molecule has 2 rings (SSSR count). The van der Waals surface area contributed by atoms with Crippen LogP contribution in [0.1, 0.15) is 53.0 Å². The molecule has 0 aromatic heterocycles. The van der Waals surface area contributed by atoms with Crippen molar-refractivity contribution in [1.82, 2.24) is 0 Å². The van der Waals surface area contributed by atoms with Gasteiger partial charge >= 0.3 is 11.9 Å². The van der Waals surface area contributed by atoms with Gasteiger partial charge in [-0.1, -0.05) is 6.92 Å². The molecule has 8 heteroatoms. The number of nitriles is 1. The third-order valence-electron chi connectivity index (χ3n) is 6.31. The van der Waals surface area contributed by atoms with E-state index in [-0.39, 0.29) is 18.5 Å². The maximum atomic E-state index is 12.9. The molecular weight excluding hydrogens is 456 g/mol. The lowest BCUT2D eigenvalue weighted by molar-refractivity contribution is -0.161. The Morgan fingerprint density at radius 2 is 1.50 bits per heavy atom. The van der Waals surface area contributed by atoms with Crippen molar-refractivity contribution in [1.29, 1.82) is 5.26 Å². The summed E-state index contributed by atoms with van der Waals surface area (Å²) in [6.07, 6.45) is 0.903. The van der Waals surface area contributed by atoms with Crippen molar-refractivity contribution in [2.45, 2.75) is 47.5 Å². The van der Waals surface area contributed by atoms with Crippen LogP contribution in [-0.2, 0) is 19.1 Å². The lowest BCUT2D eigenvalue weighted by Gasteiger charge is -2.33. The lowest BCUT2D eigenvalue weighted by atomic mass is 9.72. The number of carbonyl (C=O) groups excluding carboxylic acids is 2. The van der Waals surface area contributed by atoms with E-state index in [0.29, 0.717) is 36.3 Å². The van der Waals surface area contributed by atoms with Gasteiger partial charge in [0.1, 0.15) is 6.61 Å². The molecule has 0 bridgehead atoms. The van der Waals surface area contributed by atoms with Crippen LogP contribution in [0.3, 0.4) is 0 Å². The highest BCUT2D eigenvalue weighted by atomic mass is 16.5. The van der Waals surface area contributed by atoms with Crippen LogP contribution in [0.15, 0.2) is 58.8 Å². The fraction of sp³-hybridized carbons (Fsp3) is 0.464. The number of hydrogen-bond acceptors (Lipinski definition) is 8. The number of nitrogens with zero attached hydrogens (tertiary/aromatic N) is 4. The second-order valence-electron chi connectivity index (χ2n) is 9.56. The van der Waals surface area contributed by atoms with Gasteiger partial charge in [0.25, 0.3) is 0 Å². The van der Waals surface area contributed by atoms with Crippen LogP contribution in [0.4, 0.5) is 17.1 Å². The Morgan fingerprint density at radius 1 is 0.944 bits per heavy atom. The fourth-order valence-corrected chi connectivity index (χ4v) is 4.01. The number of azo groups is 1. The lowest BCUT2D eigenvalue weighted by Crippen LogP contribution is -2.39. The zero-order valence-corrected chi connectivity index (χ0v) is 22.1. The zero-order valence-electron chi connectivity index (χ0n) is 22.1. The first-order valence-corrected chi connectivity index (χ1v) is 12.1. The van der Waals surface area contributed by atoms with Crippen LogP contribution in [-0.4, -0.2) is 38.7 Å². The Bertz CT molecular complexity index is 1090. The number of esters is 2. The molecule has 0 aliphatic carbocycles. The van der Waals surface area contributed by atoms with Gasteiger partial charge in [0.2, 0.25) is 0 Å². The van der Waals surface area contributed by atoms with Gasteiger partial charge in [-0.2, -0.15) is 15.5 Å². The molecule has 192 valence electrons. The van der Waals surface area contributed by atoms with Gasteiger partial charge in [-0.15, -0.1) is 0 Å². The molecule has 0 saturated carbocycles. The smallest absolute Gasteiger partial charge is 0.311 e. The van der Waals surface area contributed by atoms with Crippen molar-refractivity contribution in [3.63, 3.8) is 0 Å². The molecule has 1 unspecified atom stereocenters. The molecule has 0 aliphatic heterocycles. The third kappa shape index (κ3) is 7.64. The Balaban J connectivity index is 1.96. The summed E-state index contributed by atoms with van der Waals surface area (Å²) in [6, 6.07) is 16.6. The van der Waals surface area contributed by atoms with Crippen molar-refractivity contribution < 1.29 is 19.1 Å². The molecule has 0 aliphatic rings. The maximum absolute atomic E-state index is 12.9. The molecule has 0 N–H and O–H groups in total. The van der Waals surface area contributed by atoms with E-state index < -0.39 is 10.8 Å². The second kappa shape index (κ2) is 12.8. The summed E-state index contributed by atoms with van der Waals surface area (Å²) in [5.74, 6) is -0.649. The van der Waals surface area contributed by atoms with E-state index in [4.69, 9.17) is 14.7 Å². The summed E-state index contributed by atoms with van der Waals surface area (Å²) < 4.78 is 10.5. The minimum Gasteiger partial charge on any atom is -0.469 e. The van der Waals surface area contributed by atoms with Crippen LogP contribution < -0.4 is 4.90 Å². The van der Waals surface area contributed by atoms with Gasteiger partial charge in [-0.25, -0.2) is 0 Å². The number of hydrogen-bond donors (Lipinski definition) is 0. The molecular formula is C28H36N4O4. The average molecular weight is 493 g/mol. The Morgan fingerprint density at radius 3 is 1.97 bits per heavy atom. The highest BCUT2D eigenvalue weighted by molar-refractivity contribution is 5.80. The Labute approximate surface area is 213 Å². The zero-order chi connectivity index (χ0) is 26.8. The van der Waals surface area contributed by atoms with Crippen LogP contribution in [0.5, 0.6) is 0 Å². The average Bonchev–Trinajstić information content (AvgIpc) is 2.89. The van der Waals surface area contributed by atoms with E-state index in [1.54, 1.807) is 38.1 Å². The maximum Gasteiger partial charge on any atom is 0.311 e. The Kier molecular flexibility index (Phi) is 10.2. The summed E-state index contributed by atoms with van der Waals surface area (Å²) in [6.45, 7) is 10.9. The molecule has 2 aromatic carbocycles. The van der Waals surface area contributed by atoms with Gasteiger partial charge in [0.05, 0.1) is 47.5 Å². The number of methoxy groups -OCH3 is 1. The summed E-state index contributed by atoms with van der Waals surface area (Å²) in [7, 11) is 1.36. The predicted molar refractivity (Wildman–Crippen MR) is 139 cm³/mol. The first-order chi connectivity index (χ1) is 17.1. The minimum absolute atomic E-state index is 0.237. The third-order valence-corrected chi connectivity index (χ3v) is 6.31. The van der Waals surface area contributed by atoms with E-state index in [9.17, 15) is 9.59 Å². The van der Waals surface area contributed by atoms with Gasteiger partial charge in [0.15, 0.2) is 0 Å². The van der Waals surface area contributed by atoms with Crippen molar-refractivity contribution >= 4 is 29.0 Å². The fourth-order valence-electron chi connectivity index (χ4n) is 4.01. The van der Waals surface area contributed by atoms with E-state index in [0.717, 1.165) is 12.2 Å². The minimum atomic E-state index is -0.785. The molecule has 0 fully saturated rings. The van der Waals surface area contributed by atoms with Gasteiger partial charge < -0.3 is 14.4 Å². The summed E-state index contributed by atoms with van der Waals surface area (Å²) in [4.78, 5) is 27.1. The summed E-state index contributed by atoms with van der Waals surface area (Å²) >= 11 is 0. The molecule has 0 spiro atoms. The molecule has 0 saturated heterocycles. The molecule has 8 nitrogen and oxygen atoms in total. The van der Waals surface area contributed by atoms with Crippen LogP contribution >= 0.6 is 0 Å². The van der Waals surface area contributed by atoms with Crippen molar-refractivity contribution in [3.05, 3.63) is 54.1 Å². The molecule has 2 aromatic rings. The highest BCUT2D eigenvalue weighted by Crippen LogP contribution is 2.38. The topological polar surface area (TPSA) is 104 Å². The normalized spacial score (nSPS) is 13.0. The number of anilines is 1. The van der Waals surface area contributed by atoms with Gasteiger partial charge in [0, 0.05) is 12.2 Å². The molecule has 36 heavy (non-hydrogen) atoms. The standard InChI is InChI=1S/C28H36N4O4/c1-7-28(5,20-27(3,4)25(33)35-6)26(34)36-18-17-32(8-2)24-15-13-23(14-16-24)31-30-22-11-9-21(19-29)10-12-22/h9-16H,7-8,17-18,20H2,1-6H3/b31-30+. The molecule has 0 amide bonds. The Hall–Kier alpha value is -3.73. The molecule has 1 atom stereocenters. The van der Waals surface area contributed by atoms with Gasteiger partial charge in [-0.05, 0) is 89.1 Å². The number of rotatable bonds is 12. The van der Waals surface area contributed by atoms with Crippen LogP contribution in [0.25, 0.3) is 0 Å². The SMILES string of the molecule is CCN(CCOC(=O)C(C)(CC)CC(C)(C)C(=O)OC)c1ccc(/N=N/c2ccc(C#N)cc2)cc1. The molecule has 0 heterocycles. The quantitative estimate of drug-likeness (QED) is 0.253. The van der Waals surface area contributed by atoms with E-state index in [1.165, 1.54) is 7.11 Å². The number of likely N-dealkylation sites (N-methyl/N-ethyl adjacent to an activating group) is 1. The first-order valence-electron chi connectivity index (χ1n) is 12.1. The molecule has 0 radical (unpaired) electrons. The monoisotopic (exact) mass is 492 g/mol. The van der Waals surface area contributed by atoms with Crippen LogP contribution in [0, 0.1) is 22.2 Å². The first kappa shape index (κ1) is 28.5. The number of carbonyl (C=O) groups is 2. The van der Waals surface area contributed by atoms with Crippen LogP contribution in [0.2, 0.25) is 0 Å². The van der Waals surface area contributed by atoms with E-state index in [2.05, 4.69) is 21.2 Å². The van der Waals surface area contributed by atoms with E-state index in [1.807, 2.05) is 45.0 Å². The predicted octanol–water partition coefficient (Wildman–Crippen LogP) is 6.35. The second-order valence-corrected chi connectivity index (χ2v) is 9.56. The summed E-state index contributed by atoms with van der Waals surface area (Å²) in [5.41, 5.74) is 1.37. The number of ether oxygens (including phenoxy) is 2. The van der Waals surface area contributed by atoms with E-state index >= 15 is 0 Å². The largest absolute Gasteiger partial charge is 0.469 e. The van der Waals surface area contributed by atoms with Crippen molar-refractivity contribution in [2.24, 2.45) is 21.1 Å². The van der Waals surface area contributed by atoms with Crippen molar-refractivity contribution in [2.75, 3.05) is 31.7 Å². The van der Waals surface area contributed by atoms with Gasteiger partial charge in [-0.3, -0.25) is 9.59 Å². The number of benzene rings is 2.